The number of para-hydroxylation sites is 1. The van der Waals surface area contributed by atoms with Gasteiger partial charge in [0.05, 0.1) is 23.9 Å². The number of rotatable bonds is 6. The zero-order valence-corrected chi connectivity index (χ0v) is 17.9. The highest BCUT2D eigenvalue weighted by Gasteiger charge is 2.22. The molecule has 9 heteroatoms. The maximum absolute atomic E-state index is 12.6. The van der Waals surface area contributed by atoms with Crippen molar-refractivity contribution >= 4 is 29.1 Å². The first-order valence-electron chi connectivity index (χ1n) is 10.0. The summed E-state index contributed by atoms with van der Waals surface area (Å²) in [6.07, 6.45) is 1.98. The number of carbonyl (C=O) groups excluding carboxylic acids is 1. The second-order valence-corrected chi connectivity index (χ2v) is 7.58. The van der Waals surface area contributed by atoms with E-state index in [9.17, 15) is 4.79 Å². The smallest absolute Gasteiger partial charge is 0.319 e. The van der Waals surface area contributed by atoms with Gasteiger partial charge in [0, 0.05) is 18.7 Å². The van der Waals surface area contributed by atoms with Gasteiger partial charge in [-0.1, -0.05) is 23.7 Å². The number of ether oxygens (including phenoxy) is 2. The van der Waals surface area contributed by atoms with Crippen LogP contribution in [0.1, 0.15) is 12.8 Å². The van der Waals surface area contributed by atoms with Gasteiger partial charge < -0.3 is 25.8 Å². The maximum atomic E-state index is 12.6. The molecule has 2 aromatic carbocycles. The first-order chi connectivity index (χ1) is 15.1. The maximum Gasteiger partial charge on any atom is 0.319 e. The number of halogens is 1. The average molecular weight is 442 g/mol. The van der Waals surface area contributed by atoms with Gasteiger partial charge in [-0.05, 0) is 49.2 Å². The van der Waals surface area contributed by atoms with Crippen LogP contribution < -0.4 is 21.1 Å². The Labute approximate surface area is 185 Å². The second-order valence-electron chi connectivity index (χ2n) is 7.17. The lowest BCUT2D eigenvalue weighted by atomic mass is 10.1. The molecule has 2 heterocycles. The van der Waals surface area contributed by atoms with Crippen LogP contribution in [-0.2, 0) is 4.74 Å². The van der Waals surface area contributed by atoms with Gasteiger partial charge in [0.25, 0.3) is 0 Å². The molecule has 0 saturated carbocycles. The predicted molar refractivity (Wildman–Crippen MR) is 121 cm³/mol. The van der Waals surface area contributed by atoms with E-state index in [2.05, 4.69) is 15.7 Å². The lowest BCUT2D eigenvalue weighted by Gasteiger charge is -2.12. The minimum Gasteiger partial charge on any atom is -0.497 e. The number of aromatic nitrogens is 2. The number of amides is 2. The van der Waals surface area contributed by atoms with Crippen molar-refractivity contribution < 1.29 is 14.3 Å². The molecule has 1 aliphatic rings. The Morgan fingerprint density at radius 2 is 2.06 bits per heavy atom. The summed E-state index contributed by atoms with van der Waals surface area (Å²) in [6.45, 7) is 1.16. The molecule has 1 unspecified atom stereocenters. The molecule has 4 rings (SSSR count). The van der Waals surface area contributed by atoms with Crippen molar-refractivity contribution in [2.24, 2.45) is 0 Å². The van der Waals surface area contributed by atoms with Crippen molar-refractivity contribution in [2.45, 2.75) is 18.9 Å². The molecule has 4 N–H and O–H groups in total. The first kappa shape index (κ1) is 21.0. The highest BCUT2D eigenvalue weighted by Crippen LogP contribution is 2.36. The van der Waals surface area contributed by atoms with Gasteiger partial charge in [-0.2, -0.15) is 5.10 Å². The summed E-state index contributed by atoms with van der Waals surface area (Å²) in [4.78, 5) is 12.6. The molecule has 162 valence electrons. The van der Waals surface area contributed by atoms with Gasteiger partial charge in [-0.3, -0.25) is 0 Å². The largest absolute Gasteiger partial charge is 0.497 e. The van der Waals surface area contributed by atoms with E-state index < -0.39 is 0 Å². The molecule has 1 atom stereocenters. The van der Waals surface area contributed by atoms with Gasteiger partial charge in [0.15, 0.2) is 5.82 Å². The monoisotopic (exact) mass is 441 g/mol. The molecular weight excluding hydrogens is 418 g/mol. The van der Waals surface area contributed by atoms with E-state index in [0.29, 0.717) is 34.4 Å². The van der Waals surface area contributed by atoms with E-state index in [4.69, 9.17) is 26.8 Å². The summed E-state index contributed by atoms with van der Waals surface area (Å²) < 4.78 is 12.3. The summed E-state index contributed by atoms with van der Waals surface area (Å²) in [5.74, 6) is 0.984. The van der Waals surface area contributed by atoms with Crippen LogP contribution in [0.15, 0.2) is 48.5 Å². The number of hydrogen-bond donors (Lipinski definition) is 3. The Morgan fingerprint density at radius 1 is 1.29 bits per heavy atom. The van der Waals surface area contributed by atoms with Gasteiger partial charge in [-0.15, -0.1) is 0 Å². The van der Waals surface area contributed by atoms with E-state index in [0.717, 1.165) is 25.0 Å². The van der Waals surface area contributed by atoms with E-state index in [-0.39, 0.29) is 18.0 Å². The van der Waals surface area contributed by atoms with Crippen molar-refractivity contribution in [2.75, 3.05) is 31.3 Å². The average Bonchev–Trinajstić information content (AvgIpc) is 3.42. The van der Waals surface area contributed by atoms with Gasteiger partial charge in [0.1, 0.15) is 17.1 Å². The van der Waals surface area contributed by atoms with Crippen LogP contribution in [0, 0.1) is 0 Å². The number of nitrogens with zero attached hydrogens (tertiary/aromatic N) is 2. The molecule has 31 heavy (non-hydrogen) atoms. The molecule has 1 aromatic heterocycles. The fourth-order valence-corrected chi connectivity index (χ4v) is 3.70. The third kappa shape index (κ3) is 4.60. The Kier molecular flexibility index (Phi) is 6.29. The predicted octanol–water partition coefficient (Wildman–Crippen LogP) is 4.08. The van der Waals surface area contributed by atoms with Crippen molar-refractivity contribution in [3.63, 3.8) is 0 Å². The van der Waals surface area contributed by atoms with Crippen LogP contribution in [-0.4, -0.2) is 42.2 Å². The van der Waals surface area contributed by atoms with Crippen LogP contribution in [0.5, 0.6) is 5.75 Å². The van der Waals surface area contributed by atoms with Gasteiger partial charge in [0.2, 0.25) is 0 Å². The minimum atomic E-state index is -0.379. The summed E-state index contributed by atoms with van der Waals surface area (Å²) in [6, 6.07) is 14.2. The summed E-state index contributed by atoms with van der Waals surface area (Å²) in [7, 11) is 1.60. The Bertz CT molecular complexity index is 1060. The molecule has 8 nitrogen and oxygen atoms in total. The molecule has 3 aromatic rings. The molecule has 1 saturated heterocycles. The lowest BCUT2D eigenvalue weighted by Crippen LogP contribution is -2.35. The number of hydrogen-bond acceptors (Lipinski definition) is 5. The Balaban J connectivity index is 1.67. The number of nitrogens with two attached hydrogens (primary N) is 1. The Morgan fingerprint density at radius 3 is 2.74 bits per heavy atom. The van der Waals surface area contributed by atoms with Crippen LogP contribution in [0.4, 0.5) is 16.3 Å². The van der Waals surface area contributed by atoms with Crippen LogP contribution in [0.2, 0.25) is 5.02 Å². The van der Waals surface area contributed by atoms with E-state index >= 15 is 0 Å². The summed E-state index contributed by atoms with van der Waals surface area (Å²) in [5.41, 5.74) is 8.72. The fraction of sp³-hybridized carbons (Fsp3) is 0.273. The molecule has 1 fully saturated rings. The number of methoxy groups -OCH3 is 1. The number of nitrogen functional groups attached to an aromatic ring is 1. The van der Waals surface area contributed by atoms with Crippen molar-refractivity contribution in [3.05, 3.63) is 53.6 Å². The topological polar surface area (TPSA) is 103 Å². The zero-order valence-electron chi connectivity index (χ0n) is 17.1. The Hall–Kier alpha value is -3.23. The fourth-order valence-electron chi connectivity index (χ4n) is 3.48. The van der Waals surface area contributed by atoms with E-state index in [1.54, 1.807) is 13.2 Å². The molecule has 0 bridgehead atoms. The highest BCUT2D eigenvalue weighted by molar-refractivity contribution is 6.32. The first-order valence-corrected chi connectivity index (χ1v) is 10.4. The SMILES string of the molecule is COc1ccc(-c2nn(-c3ccccc3Cl)c(N)c2NC(=O)NCC2CCCO2)cc1. The molecule has 0 spiro atoms. The normalized spacial score (nSPS) is 15.6. The lowest BCUT2D eigenvalue weighted by molar-refractivity contribution is 0.112. The van der Waals surface area contributed by atoms with Crippen molar-refractivity contribution in [1.82, 2.24) is 15.1 Å². The molecule has 1 aliphatic heterocycles. The molecule has 0 aliphatic carbocycles. The molecular formula is C22H24ClN5O3. The van der Waals surface area contributed by atoms with Crippen LogP contribution in [0.25, 0.3) is 16.9 Å². The third-order valence-corrected chi connectivity index (χ3v) is 5.44. The summed E-state index contributed by atoms with van der Waals surface area (Å²) in [5, 5.41) is 10.8. The number of nitrogens with one attached hydrogen (secondary N) is 2. The number of carbonyl (C=O) groups is 1. The van der Waals surface area contributed by atoms with E-state index in [1.807, 2.05) is 42.5 Å². The van der Waals surface area contributed by atoms with Crippen molar-refractivity contribution in [3.8, 4) is 22.7 Å². The van der Waals surface area contributed by atoms with Gasteiger partial charge >= 0.3 is 6.03 Å². The number of benzene rings is 2. The van der Waals surface area contributed by atoms with Gasteiger partial charge in [-0.25, -0.2) is 9.48 Å². The number of urea groups is 1. The summed E-state index contributed by atoms with van der Waals surface area (Å²) >= 11 is 6.36. The van der Waals surface area contributed by atoms with Crippen LogP contribution >= 0.6 is 11.6 Å². The van der Waals surface area contributed by atoms with Crippen molar-refractivity contribution in [1.29, 1.82) is 0 Å². The second kappa shape index (κ2) is 9.28. The zero-order chi connectivity index (χ0) is 21.8. The minimum absolute atomic E-state index is 0.0370. The molecule has 0 radical (unpaired) electrons. The van der Waals surface area contributed by atoms with Crippen LogP contribution in [0.3, 0.4) is 0 Å². The third-order valence-electron chi connectivity index (χ3n) is 5.12. The quantitative estimate of drug-likeness (QED) is 0.534. The molecule has 2 amide bonds. The van der Waals surface area contributed by atoms with E-state index in [1.165, 1.54) is 4.68 Å². The standard InChI is InChI=1S/C22H24ClN5O3/c1-30-15-10-8-14(9-11-15)19-20(26-22(29)25-13-16-5-4-12-31-16)21(24)28(27-19)18-7-3-2-6-17(18)23/h2-3,6-11,16H,4-5,12-13,24H2,1H3,(H2,25,26,29). The highest BCUT2D eigenvalue weighted by atomic mass is 35.5. The number of anilines is 2.